The molecule has 19 heteroatoms. The molecule has 0 bridgehead atoms. The summed E-state index contributed by atoms with van der Waals surface area (Å²) in [5.41, 5.74) is 16.1. The molecular formula is C40H49N13O6. The number of imidazole rings is 2. The number of primary amides is 2. The van der Waals surface area contributed by atoms with E-state index < -0.39 is 17.7 Å². The van der Waals surface area contributed by atoms with Crippen LogP contribution in [-0.2, 0) is 19.6 Å². The highest BCUT2D eigenvalue weighted by Gasteiger charge is 2.30. The van der Waals surface area contributed by atoms with Crippen molar-refractivity contribution in [1.82, 2.24) is 44.0 Å². The van der Waals surface area contributed by atoms with Crippen molar-refractivity contribution in [3.63, 3.8) is 0 Å². The standard InChI is InChI=1S/C40H49N13O6/c1-6-51-29(15-22(3)48-51)37(56)46-39-44-27-17-24(35(41)54)19-31(58-14-9-8-12-43-5)33(27)50(39)13-10-11-26-21-59-32-20-25(36(42)55)18-28-34(32)53(26)40(45-28)47-38(57)30-16-23(4)49-52(30)7-2/h15-20,26,43H,6-14,21H2,1-5H3,(H2,41,54)(H2,42,55)(H,44,46,56)(H,45,47,57)/t26-/m0/s1. The van der Waals surface area contributed by atoms with E-state index in [1.54, 1.807) is 45.8 Å². The number of nitrogens with two attached hydrogens (primary N) is 2. The van der Waals surface area contributed by atoms with E-state index in [9.17, 15) is 19.2 Å². The van der Waals surface area contributed by atoms with Crippen LogP contribution >= 0.6 is 0 Å². The van der Waals surface area contributed by atoms with E-state index in [2.05, 4.69) is 26.1 Å². The van der Waals surface area contributed by atoms with Gasteiger partial charge in [0.05, 0.1) is 35.1 Å². The van der Waals surface area contributed by atoms with Crippen LogP contribution in [0.15, 0.2) is 36.4 Å². The molecule has 59 heavy (non-hydrogen) atoms. The van der Waals surface area contributed by atoms with Crippen LogP contribution in [0, 0.1) is 13.8 Å². The first kappa shape index (κ1) is 40.4. The Kier molecular flexibility index (Phi) is 11.6. The normalized spacial score (nSPS) is 13.5. The molecule has 310 valence electrons. The average Bonchev–Trinajstić information content (AvgIpc) is 3.98. The van der Waals surface area contributed by atoms with Crippen molar-refractivity contribution in [2.24, 2.45) is 11.5 Å². The molecule has 2 aromatic carbocycles. The summed E-state index contributed by atoms with van der Waals surface area (Å²) in [7, 11) is 1.89. The molecule has 19 nitrogen and oxygen atoms in total. The molecule has 0 spiro atoms. The van der Waals surface area contributed by atoms with Gasteiger partial charge in [-0.05, 0) is 103 Å². The lowest BCUT2D eigenvalue weighted by molar-refractivity contribution is 0.0991. The van der Waals surface area contributed by atoms with Crippen molar-refractivity contribution in [2.75, 3.05) is 37.4 Å². The van der Waals surface area contributed by atoms with Crippen LogP contribution < -0.4 is 36.9 Å². The van der Waals surface area contributed by atoms with Crippen molar-refractivity contribution in [2.45, 2.75) is 79.1 Å². The highest BCUT2D eigenvalue weighted by atomic mass is 16.5. The molecule has 6 aromatic rings. The van der Waals surface area contributed by atoms with Gasteiger partial charge in [0, 0.05) is 30.8 Å². The number of amides is 4. The van der Waals surface area contributed by atoms with E-state index in [4.69, 9.17) is 30.9 Å². The number of carbonyl (C=O) groups excluding carboxylic acids is 4. The second-order valence-electron chi connectivity index (χ2n) is 14.5. The van der Waals surface area contributed by atoms with Crippen LogP contribution in [0.25, 0.3) is 22.1 Å². The highest BCUT2D eigenvalue weighted by Crippen LogP contribution is 2.39. The van der Waals surface area contributed by atoms with Crippen LogP contribution in [0.4, 0.5) is 11.9 Å². The van der Waals surface area contributed by atoms with Gasteiger partial charge in [-0.1, -0.05) is 0 Å². The van der Waals surface area contributed by atoms with Gasteiger partial charge in [0.25, 0.3) is 11.8 Å². The zero-order chi connectivity index (χ0) is 42.0. The maximum absolute atomic E-state index is 13.8. The number of nitrogens with one attached hydrogen (secondary N) is 3. The van der Waals surface area contributed by atoms with Crippen molar-refractivity contribution >= 4 is 57.6 Å². The lowest BCUT2D eigenvalue weighted by Crippen LogP contribution is -2.26. The van der Waals surface area contributed by atoms with Crippen molar-refractivity contribution in [3.8, 4) is 11.5 Å². The van der Waals surface area contributed by atoms with Crippen LogP contribution in [0.2, 0.25) is 0 Å². The third kappa shape index (κ3) is 8.18. The molecule has 7 rings (SSSR count). The Morgan fingerprint density at radius 1 is 0.797 bits per heavy atom. The van der Waals surface area contributed by atoms with Gasteiger partial charge in [0.15, 0.2) is 0 Å². The number of aryl methyl sites for hydroxylation is 5. The Balaban J connectivity index is 1.24. The predicted octanol–water partition coefficient (Wildman–Crippen LogP) is 3.93. The fourth-order valence-electron chi connectivity index (χ4n) is 7.50. The minimum absolute atomic E-state index is 0.202. The fraction of sp³-hybridized carbons (Fsp3) is 0.400. The van der Waals surface area contributed by atoms with Gasteiger partial charge in [0.2, 0.25) is 23.7 Å². The molecule has 4 aromatic heterocycles. The summed E-state index contributed by atoms with van der Waals surface area (Å²) in [4.78, 5) is 61.8. The Bertz CT molecular complexity index is 2580. The van der Waals surface area contributed by atoms with E-state index in [0.717, 1.165) is 19.4 Å². The van der Waals surface area contributed by atoms with Gasteiger partial charge in [-0.2, -0.15) is 10.2 Å². The molecule has 0 fully saturated rings. The minimum atomic E-state index is -0.640. The Morgan fingerprint density at radius 2 is 1.39 bits per heavy atom. The SMILES string of the molecule is CCn1nc(C)cc1C(=O)Nc1nc2cc(C(N)=O)cc(OCCCCNC)c2n1CCC[C@H]1COc2cc(C(N)=O)cc3nc(NC(=O)c4cc(C)nn4CC)n1c23. The van der Waals surface area contributed by atoms with Crippen LogP contribution in [0.5, 0.6) is 11.5 Å². The fourth-order valence-corrected chi connectivity index (χ4v) is 7.50. The zero-order valence-corrected chi connectivity index (χ0v) is 33.8. The Labute approximate surface area is 339 Å². The van der Waals surface area contributed by atoms with E-state index in [-0.39, 0.29) is 41.6 Å². The molecule has 0 saturated carbocycles. The van der Waals surface area contributed by atoms with Gasteiger partial charge in [0.1, 0.15) is 40.5 Å². The quantitative estimate of drug-likeness (QED) is 0.0779. The first-order valence-corrected chi connectivity index (χ1v) is 19.7. The number of nitrogens with zero attached hydrogens (tertiary/aromatic N) is 8. The predicted molar refractivity (Wildman–Crippen MR) is 220 cm³/mol. The summed E-state index contributed by atoms with van der Waals surface area (Å²) in [5, 5.41) is 18.0. The van der Waals surface area contributed by atoms with E-state index >= 15 is 0 Å². The molecular weight excluding hydrogens is 759 g/mol. The summed E-state index contributed by atoms with van der Waals surface area (Å²) < 4.78 is 19.6. The first-order chi connectivity index (χ1) is 28.4. The average molecular weight is 808 g/mol. The first-order valence-electron chi connectivity index (χ1n) is 19.7. The van der Waals surface area contributed by atoms with Gasteiger partial charge in [-0.3, -0.25) is 39.2 Å². The maximum Gasteiger partial charge on any atom is 0.276 e. The van der Waals surface area contributed by atoms with E-state index in [1.165, 1.54) is 0 Å². The molecule has 0 saturated heterocycles. The van der Waals surface area contributed by atoms with Crippen molar-refractivity contribution < 1.29 is 28.7 Å². The second-order valence-corrected chi connectivity index (χ2v) is 14.5. The number of hydrogen-bond donors (Lipinski definition) is 5. The lowest BCUT2D eigenvalue weighted by atomic mass is 10.1. The summed E-state index contributed by atoms with van der Waals surface area (Å²) in [6, 6.07) is 9.47. The molecule has 7 N–H and O–H groups in total. The minimum Gasteiger partial charge on any atom is -0.491 e. The van der Waals surface area contributed by atoms with Gasteiger partial charge < -0.3 is 35.4 Å². The molecule has 0 aliphatic carbocycles. The number of carbonyl (C=O) groups is 4. The molecule has 1 aliphatic heterocycles. The van der Waals surface area contributed by atoms with Crippen molar-refractivity contribution in [1.29, 1.82) is 0 Å². The smallest absolute Gasteiger partial charge is 0.276 e. The molecule has 0 radical (unpaired) electrons. The molecule has 0 unspecified atom stereocenters. The Hall–Kier alpha value is -6.76. The zero-order valence-electron chi connectivity index (χ0n) is 33.8. The summed E-state index contributed by atoms with van der Waals surface area (Å²) in [5.74, 6) is -0.710. The molecule has 5 heterocycles. The number of rotatable bonds is 18. The summed E-state index contributed by atoms with van der Waals surface area (Å²) >= 11 is 0. The number of fused-ring (bicyclic) bond motifs is 1. The number of aromatic nitrogens is 8. The van der Waals surface area contributed by atoms with Crippen LogP contribution in [-0.4, -0.2) is 89.1 Å². The molecule has 4 amide bonds. The largest absolute Gasteiger partial charge is 0.491 e. The number of ether oxygens (including phenoxy) is 2. The van der Waals surface area contributed by atoms with Gasteiger partial charge in [-0.25, -0.2) is 9.97 Å². The number of benzene rings is 2. The van der Waals surface area contributed by atoms with Crippen LogP contribution in [0.1, 0.15) is 98.7 Å². The highest BCUT2D eigenvalue weighted by molar-refractivity contribution is 6.05. The summed E-state index contributed by atoms with van der Waals surface area (Å²) in [6.07, 6.45) is 2.68. The van der Waals surface area contributed by atoms with Crippen molar-refractivity contribution in [3.05, 3.63) is 70.3 Å². The van der Waals surface area contributed by atoms with Crippen LogP contribution in [0.3, 0.4) is 0 Å². The van der Waals surface area contributed by atoms with E-state index in [0.29, 0.717) is 95.4 Å². The maximum atomic E-state index is 13.8. The monoisotopic (exact) mass is 807 g/mol. The third-order valence-electron chi connectivity index (χ3n) is 10.2. The van der Waals surface area contributed by atoms with E-state index in [1.807, 2.05) is 43.9 Å². The van der Waals surface area contributed by atoms with Gasteiger partial charge in [-0.15, -0.1) is 0 Å². The topological polar surface area (TPSA) is 246 Å². The third-order valence-corrected chi connectivity index (χ3v) is 10.2. The summed E-state index contributed by atoms with van der Waals surface area (Å²) in [6.45, 7) is 10.2. The number of anilines is 2. The second kappa shape index (κ2) is 17.0. The number of hydrogen-bond acceptors (Lipinski definition) is 11. The van der Waals surface area contributed by atoms with Gasteiger partial charge >= 0.3 is 0 Å². The Morgan fingerprint density at radius 3 is 2.00 bits per heavy atom. The number of unbranched alkanes of at least 4 members (excludes halogenated alkanes) is 1. The lowest BCUT2D eigenvalue weighted by Gasteiger charge is -2.27. The molecule has 1 aliphatic rings. The molecule has 1 atom stereocenters.